The van der Waals surface area contributed by atoms with E-state index in [1.165, 1.54) is 36.0 Å². The van der Waals surface area contributed by atoms with Gasteiger partial charge in [-0.2, -0.15) is 11.8 Å². The van der Waals surface area contributed by atoms with Crippen LogP contribution in [0.3, 0.4) is 0 Å². The van der Waals surface area contributed by atoms with Gasteiger partial charge in [0.05, 0.1) is 12.5 Å². The molecule has 0 fully saturated rings. The first kappa shape index (κ1) is 71.4. The van der Waals surface area contributed by atoms with Crippen LogP contribution in [0.4, 0.5) is 0 Å². The van der Waals surface area contributed by atoms with Crippen molar-refractivity contribution >= 4 is 76.9 Å². The third kappa shape index (κ3) is 27.1. The molecule has 452 valence electrons. The van der Waals surface area contributed by atoms with E-state index in [1.54, 1.807) is 27.7 Å². The summed E-state index contributed by atoms with van der Waals surface area (Å²) >= 11 is 1.50. The molecule has 0 aliphatic rings. The molecule has 0 aliphatic heterocycles. The van der Waals surface area contributed by atoms with Crippen molar-refractivity contribution in [2.75, 3.05) is 25.1 Å². The second-order valence-corrected chi connectivity index (χ2v) is 21.4. The summed E-state index contributed by atoms with van der Waals surface area (Å²) in [6.45, 7) is 10.8. The monoisotopic (exact) mass is 1150 g/mol. The highest BCUT2D eigenvalue weighted by molar-refractivity contribution is 7.98. The lowest BCUT2D eigenvalue weighted by Gasteiger charge is -2.31. The number of benzene rings is 1. The van der Waals surface area contributed by atoms with Crippen LogP contribution in [-0.2, 0) is 59.2 Å². The number of thioether (sulfide) groups is 1. The summed E-state index contributed by atoms with van der Waals surface area (Å²) in [6.07, 6.45) is 2.04. The number of carboxylic acid groups (broad SMARTS) is 3. The number of amides is 8. The Labute approximate surface area is 472 Å². The van der Waals surface area contributed by atoms with Crippen molar-refractivity contribution in [3.05, 3.63) is 29.8 Å². The van der Waals surface area contributed by atoms with E-state index in [2.05, 4.69) is 42.5 Å². The lowest BCUT2D eigenvalue weighted by atomic mass is 9.94. The van der Waals surface area contributed by atoms with Crippen molar-refractivity contribution in [2.45, 2.75) is 186 Å². The smallest absolute Gasteiger partial charge is 0.326 e. The number of hydrogen-bond acceptors (Lipinski definition) is 16. The van der Waals surface area contributed by atoms with Crippen LogP contribution >= 0.6 is 11.8 Å². The standard InChI is InChI=1S/C53H89N11O15S/c1-8-30(5)43(51(76)59-36(15-11-13-24-55)46(71)58-37(20-21-41(66)67)48(73)62-40(53(78)79)27-32-16-18-33(65)19-17-32)64-52(77)44(31(6)9-2)63-50(75)39(28-42(68)69)61-47(72)35(14-10-12-23-54)57-49(74)38(26-29(3)4)60-45(70)34(56)22-25-80-7/h16-19,29-31,34-40,43-44,65H,8-15,20-28,54-56H2,1-7H3,(H,57,74)(H,58,71)(H,59,76)(H,60,70)(H,61,72)(H,62,73)(H,63,75)(H,64,77)(H,66,67)(H,68,69)(H,78,79)/t30-,31-,34-,35-,36-,37-,38-,39-,40-,43-,44-/m0/s1. The maximum atomic E-state index is 14.4. The fourth-order valence-electron chi connectivity index (χ4n) is 8.12. The van der Waals surface area contributed by atoms with Gasteiger partial charge >= 0.3 is 17.9 Å². The van der Waals surface area contributed by atoms with E-state index in [0.29, 0.717) is 43.4 Å². The third-order valence-corrected chi connectivity index (χ3v) is 14.0. The Kier molecular flexibility index (Phi) is 34.1. The van der Waals surface area contributed by atoms with Crippen molar-refractivity contribution in [2.24, 2.45) is 35.0 Å². The highest BCUT2D eigenvalue weighted by atomic mass is 32.2. The Morgan fingerprint density at radius 2 is 0.925 bits per heavy atom. The molecule has 0 radical (unpaired) electrons. The minimum Gasteiger partial charge on any atom is -0.508 e. The van der Waals surface area contributed by atoms with E-state index in [1.807, 2.05) is 20.1 Å². The number of carbonyl (C=O) groups is 11. The van der Waals surface area contributed by atoms with Crippen molar-refractivity contribution in [1.82, 2.24) is 42.5 Å². The van der Waals surface area contributed by atoms with Gasteiger partial charge in [0, 0.05) is 12.8 Å². The summed E-state index contributed by atoms with van der Waals surface area (Å²) in [7, 11) is 0. The number of nitrogens with one attached hydrogen (secondary N) is 8. The van der Waals surface area contributed by atoms with E-state index in [-0.39, 0.29) is 63.3 Å². The maximum absolute atomic E-state index is 14.4. The molecule has 0 aromatic heterocycles. The summed E-state index contributed by atoms with van der Waals surface area (Å²) in [4.78, 5) is 147. The molecule has 26 nitrogen and oxygen atoms in total. The zero-order chi connectivity index (χ0) is 60.6. The van der Waals surface area contributed by atoms with Crippen molar-refractivity contribution < 1.29 is 73.2 Å². The molecule has 80 heavy (non-hydrogen) atoms. The zero-order valence-corrected chi connectivity index (χ0v) is 48.0. The minimum atomic E-state index is -1.80. The number of aliphatic carboxylic acids is 3. The van der Waals surface area contributed by atoms with Gasteiger partial charge in [0.25, 0.3) is 0 Å². The SMILES string of the molecule is CC[C@H](C)[C@H](NC(=O)[C@H](CC(=O)O)NC(=O)[C@H](CCCCN)NC(=O)[C@H](CC(C)C)NC(=O)[C@@H](N)CCSC)C(=O)N[C@H](C(=O)N[C@@H](CCCCN)C(=O)N[C@@H](CCC(=O)O)C(=O)N[C@@H](Cc1ccc(O)cc1)C(=O)O)[C@@H](C)CC. The summed E-state index contributed by atoms with van der Waals surface area (Å²) in [5, 5.41) is 59.4. The van der Waals surface area contributed by atoms with Gasteiger partial charge in [-0.1, -0.05) is 66.5 Å². The van der Waals surface area contributed by atoms with Crippen LogP contribution in [0.2, 0.25) is 0 Å². The molecule has 0 saturated carbocycles. The number of unbranched alkanes of at least 4 members (excludes halogenated alkanes) is 2. The van der Waals surface area contributed by atoms with E-state index >= 15 is 0 Å². The van der Waals surface area contributed by atoms with Crippen LogP contribution in [0.5, 0.6) is 5.75 Å². The number of carbonyl (C=O) groups excluding carboxylic acids is 8. The van der Waals surface area contributed by atoms with Gasteiger partial charge < -0.3 is 80.2 Å². The molecule has 0 aliphatic carbocycles. The van der Waals surface area contributed by atoms with Crippen LogP contribution in [-0.4, -0.2) is 165 Å². The molecule has 27 heteroatoms. The van der Waals surface area contributed by atoms with Crippen LogP contribution in [0.15, 0.2) is 24.3 Å². The Balaban J connectivity index is 3.53. The molecule has 1 aromatic rings. The number of nitrogens with two attached hydrogens (primary N) is 3. The quantitative estimate of drug-likeness (QED) is 0.0375. The number of aromatic hydroxyl groups is 1. The summed E-state index contributed by atoms with van der Waals surface area (Å²) in [5.74, 6) is -12.2. The second-order valence-electron chi connectivity index (χ2n) is 20.4. The Morgan fingerprint density at radius 3 is 1.36 bits per heavy atom. The van der Waals surface area contributed by atoms with E-state index < -0.39 is 151 Å². The predicted molar refractivity (Wildman–Crippen MR) is 299 cm³/mol. The first-order chi connectivity index (χ1) is 37.7. The van der Waals surface area contributed by atoms with E-state index in [4.69, 9.17) is 17.2 Å². The van der Waals surface area contributed by atoms with Crippen LogP contribution < -0.4 is 59.7 Å². The van der Waals surface area contributed by atoms with Gasteiger partial charge in [-0.3, -0.25) is 47.9 Å². The van der Waals surface area contributed by atoms with Crippen molar-refractivity contribution in [1.29, 1.82) is 0 Å². The molecular weight excluding hydrogens is 1060 g/mol. The fourth-order valence-corrected chi connectivity index (χ4v) is 8.61. The number of carboxylic acids is 3. The zero-order valence-electron chi connectivity index (χ0n) is 47.2. The van der Waals surface area contributed by atoms with Gasteiger partial charge in [0.15, 0.2) is 0 Å². The number of rotatable bonds is 41. The second kappa shape index (κ2) is 38.1. The van der Waals surface area contributed by atoms with Crippen molar-refractivity contribution in [3.8, 4) is 5.75 Å². The Hall–Kier alpha value is -6.58. The number of phenolic OH excluding ortho intramolecular Hbond substituents is 1. The Bertz CT molecular complexity index is 2190. The van der Waals surface area contributed by atoms with E-state index in [0.717, 1.165) is 0 Å². The predicted octanol–water partition coefficient (Wildman–Crippen LogP) is -0.286. The highest BCUT2D eigenvalue weighted by Crippen LogP contribution is 2.17. The fraction of sp³-hybridized carbons (Fsp3) is 0.679. The highest BCUT2D eigenvalue weighted by Gasteiger charge is 2.38. The van der Waals surface area contributed by atoms with Gasteiger partial charge in [-0.15, -0.1) is 0 Å². The molecule has 1 rings (SSSR count). The van der Waals surface area contributed by atoms with Crippen LogP contribution in [0.1, 0.15) is 131 Å². The minimum absolute atomic E-state index is 0.00906. The summed E-state index contributed by atoms with van der Waals surface area (Å²) in [6, 6.07) is -6.98. The molecule has 18 N–H and O–H groups in total. The molecule has 11 atom stereocenters. The van der Waals surface area contributed by atoms with Gasteiger partial charge in [0.2, 0.25) is 47.3 Å². The average Bonchev–Trinajstić information content (AvgIpc) is 3.40. The molecule has 1 aromatic carbocycles. The molecule has 0 bridgehead atoms. The third-order valence-electron chi connectivity index (χ3n) is 13.3. The molecule has 0 heterocycles. The number of hydrogen-bond donors (Lipinski definition) is 15. The van der Waals surface area contributed by atoms with Gasteiger partial charge in [0.1, 0.15) is 54.1 Å². The number of phenols is 1. The molecule has 0 saturated heterocycles. The lowest BCUT2D eigenvalue weighted by Crippen LogP contribution is -2.62. The van der Waals surface area contributed by atoms with Crippen LogP contribution in [0.25, 0.3) is 0 Å². The van der Waals surface area contributed by atoms with Crippen molar-refractivity contribution in [3.63, 3.8) is 0 Å². The molecular formula is C53H89N11O15S. The van der Waals surface area contributed by atoms with Crippen LogP contribution in [0, 0.1) is 17.8 Å². The lowest BCUT2D eigenvalue weighted by molar-refractivity contribution is -0.143. The Morgan fingerprint density at radius 1 is 0.512 bits per heavy atom. The van der Waals surface area contributed by atoms with Gasteiger partial charge in [-0.05, 0) is 118 Å². The summed E-state index contributed by atoms with van der Waals surface area (Å²) < 4.78 is 0. The average molecular weight is 1150 g/mol. The maximum Gasteiger partial charge on any atom is 0.326 e. The largest absolute Gasteiger partial charge is 0.508 e. The molecule has 8 amide bonds. The summed E-state index contributed by atoms with van der Waals surface area (Å²) in [5.41, 5.74) is 17.9. The molecule has 0 unspecified atom stereocenters. The topological polar surface area (TPSA) is 443 Å². The van der Waals surface area contributed by atoms with Gasteiger partial charge in [-0.25, -0.2) is 4.79 Å². The first-order valence-corrected chi connectivity index (χ1v) is 28.6. The normalized spacial score (nSPS) is 15.3. The molecule has 0 spiro atoms. The first-order valence-electron chi connectivity index (χ1n) is 27.2. The van der Waals surface area contributed by atoms with E-state index in [9.17, 15) is 73.2 Å².